The van der Waals surface area contributed by atoms with E-state index in [1.165, 1.54) is 0 Å². The third kappa shape index (κ3) is 2.86. The van der Waals surface area contributed by atoms with Gasteiger partial charge in [0.2, 0.25) is 0 Å². The van der Waals surface area contributed by atoms with Gasteiger partial charge < -0.3 is 15.5 Å². The largest absolute Gasteiger partial charge is 0.456 e. The normalized spacial score (nSPS) is 11.0. The summed E-state index contributed by atoms with van der Waals surface area (Å²) >= 11 is 12.2. The summed E-state index contributed by atoms with van der Waals surface area (Å²) in [6, 6.07) is 11.2. The number of hydrogen-bond acceptors (Lipinski definition) is 2. The summed E-state index contributed by atoms with van der Waals surface area (Å²) in [5, 5.41) is 2.22. The lowest BCUT2D eigenvalue weighted by Gasteiger charge is -2.12. The Balaban J connectivity index is 2.04. The second-order valence-corrected chi connectivity index (χ2v) is 5.55. The Morgan fingerprint density at radius 2 is 1.90 bits per heavy atom. The second-order valence-electron chi connectivity index (χ2n) is 4.70. The van der Waals surface area contributed by atoms with Gasteiger partial charge in [-0.25, -0.2) is 0 Å². The molecule has 0 aliphatic heterocycles. The van der Waals surface area contributed by atoms with Gasteiger partial charge in [-0.1, -0.05) is 29.3 Å². The van der Waals surface area contributed by atoms with E-state index in [9.17, 15) is 0 Å². The molecule has 3 nitrogen and oxygen atoms in total. The highest BCUT2D eigenvalue weighted by Crippen LogP contribution is 2.35. The van der Waals surface area contributed by atoms with Crippen LogP contribution in [-0.4, -0.2) is 11.5 Å². The van der Waals surface area contributed by atoms with Crippen LogP contribution in [0.5, 0.6) is 11.5 Å². The zero-order valence-corrected chi connectivity index (χ0v) is 12.7. The fourth-order valence-electron chi connectivity index (χ4n) is 2.29. The van der Waals surface area contributed by atoms with Crippen molar-refractivity contribution in [2.75, 3.05) is 6.54 Å². The van der Waals surface area contributed by atoms with E-state index in [4.69, 9.17) is 33.7 Å². The number of nitrogens with one attached hydrogen (secondary N) is 1. The van der Waals surface area contributed by atoms with Crippen LogP contribution in [0.3, 0.4) is 0 Å². The molecule has 3 N–H and O–H groups in total. The molecule has 3 rings (SSSR count). The van der Waals surface area contributed by atoms with Crippen molar-refractivity contribution in [1.29, 1.82) is 0 Å². The van der Waals surface area contributed by atoms with Crippen molar-refractivity contribution in [1.82, 2.24) is 4.98 Å². The monoisotopic (exact) mass is 320 g/mol. The third-order valence-corrected chi connectivity index (χ3v) is 3.85. The maximum absolute atomic E-state index is 6.16. The highest BCUT2D eigenvalue weighted by atomic mass is 35.5. The van der Waals surface area contributed by atoms with Gasteiger partial charge in [0.25, 0.3) is 0 Å². The van der Waals surface area contributed by atoms with Crippen molar-refractivity contribution in [3.8, 4) is 11.5 Å². The van der Waals surface area contributed by atoms with Crippen molar-refractivity contribution < 1.29 is 4.74 Å². The molecule has 0 spiro atoms. The van der Waals surface area contributed by atoms with Crippen LogP contribution < -0.4 is 10.5 Å². The highest BCUT2D eigenvalue weighted by molar-refractivity contribution is 6.35. The minimum absolute atomic E-state index is 0.554. The average Bonchev–Trinajstić information content (AvgIpc) is 2.95. The molecule has 21 heavy (non-hydrogen) atoms. The van der Waals surface area contributed by atoms with Gasteiger partial charge in [0, 0.05) is 16.6 Å². The van der Waals surface area contributed by atoms with Crippen LogP contribution in [0.15, 0.2) is 42.6 Å². The van der Waals surface area contributed by atoms with Crippen LogP contribution in [0, 0.1) is 0 Å². The number of fused-ring (bicyclic) bond motifs is 1. The Bertz CT molecular complexity index is 783. The highest BCUT2D eigenvalue weighted by Gasteiger charge is 2.10. The smallest absolute Gasteiger partial charge is 0.136 e. The van der Waals surface area contributed by atoms with Crippen LogP contribution in [0.4, 0.5) is 0 Å². The summed E-state index contributed by atoms with van der Waals surface area (Å²) in [5.41, 5.74) is 7.53. The number of halogens is 2. The first-order valence-electron chi connectivity index (χ1n) is 6.61. The Labute approximate surface area is 132 Å². The standard InChI is InChI=1S/C16H14Cl2N2O/c17-11-2-1-10(5-7-19)15(9-11)21-14-4-3-13(18)16-12(14)6-8-20-16/h1-4,6,8-9,20H,5,7,19H2. The van der Waals surface area contributed by atoms with Gasteiger partial charge in [-0.3, -0.25) is 0 Å². The quantitative estimate of drug-likeness (QED) is 0.727. The summed E-state index contributed by atoms with van der Waals surface area (Å²) in [4.78, 5) is 3.11. The molecule has 0 atom stereocenters. The van der Waals surface area contributed by atoms with Crippen LogP contribution in [0.25, 0.3) is 10.9 Å². The van der Waals surface area contributed by atoms with Gasteiger partial charge in [-0.2, -0.15) is 0 Å². The number of benzene rings is 2. The number of ether oxygens (including phenoxy) is 1. The average molecular weight is 321 g/mol. The summed E-state index contributed by atoms with van der Waals surface area (Å²) in [5.74, 6) is 1.45. The number of aromatic amines is 1. The Hall–Kier alpha value is -1.68. The molecule has 5 heteroatoms. The Morgan fingerprint density at radius 3 is 2.71 bits per heavy atom. The fourth-order valence-corrected chi connectivity index (χ4v) is 2.67. The molecule has 0 aliphatic carbocycles. The van der Waals surface area contributed by atoms with Crippen molar-refractivity contribution in [3.63, 3.8) is 0 Å². The third-order valence-electron chi connectivity index (χ3n) is 3.30. The first-order valence-corrected chi connectivity index (χ1v) is 7.36. The van der Waals surface area contributed by atoms with E-state index in [0.29, 0.717) is 16.6 Å². The van der Waals surface area contributed by atoms with E-state index in [2.05, 4.69) is 4.98 Å². The zero-order chi connectivity index (χ0) is 14.8. The number of nitrogens with two attached hydrogens (primary N) is 1. The van der Waals surface area contributed by atoms with Gasteiger partial charge in [0.05, 0.1) is 10.5 Å². The molecule has 0 bridgehead atoms. The maximum Gasteiger partial charge on any atom is 0.136 e. The molecular formula is C16H14Cl2N2O. The van der Waals surface area contributed by atoms with Gasteiger partial charge in [-0.15, -0.1) is 0 Å². The molecule has 0 aliphatic rings. The van der Waals surface area contributed by atoms with Crippen LogP contribution in [0.1, 0.15) is 5.56 Å². The molecule has 108 valence electrons. The number of rotatable bonds is 4. The van der Waals surface area contributed by atoms with Crippen molar-refractivity contribution >= 4 is 34.1 Å². The van der Waals surface area contributed by atoms with Crippen LogP contribution >= 0.6 is 23.2 Å². The van der Waals surface area contributed by atoms with Gasteiger partial charge >= 0.3 is 0 Å². The Kier molecular flexibility index (Phi) is 4.06. The summed E-state index contributed by atoms with van der Waals surface area (Å²) in [7, 11) is 0. The summed E-state index contributed by atoms with van der Waals surface area (Å²) < 4.78 is 6.05. The molecule has 0 amide bonds. The van der Waals surface area contributed by atoms with E-state index in [1.54, 1.807) is 6.07 Å². The van der Waals surface area contributed by atoms with Crippen LogP contribution in [-0.2, 0) is 6.42 Å². The molecule has 1 aromatic heterocycles. The molecule has 0 saturated carbocycles. The van der Waals surface area contributed by atoms with Gasteiger partial charge in [0.1, 0.15) is 11.5 Å². The molecule has 1 heterocycles. The molecule has 0 saturated heterocycles. The molecule has 2 aromatic carbocycles. The lowest BCUT2D eigenvalue weighted by Crippen LogP contribution is -2.04. The summed E-state index contributed by atoms with van der Waals surface area (Å²) in [6.07, 6.45) is 2.57. The van der Waals surface area contributed by atoms with E-state index in [0.717, 1.165) is 34.4 Å². The van der Waals surface area contributed by atoms with Crippen molar-refractivity contribution in [3.05, 3.63) is 58.2 Å². The first-order chi connectivity index (χ1) is 10.2. The van der Waals surface area contributed by atoms with E-state index >= 15 is 0 Å². The Morgan fingerprint density at radius 1 is 1.05 bits per heavy atom. The second kappa shape index (κ2) is 5.98. The van der Waals surface area contributed by atoms with Crippen molar-refractivity contribution in [2.24, 2.45) is 5.73 Å². The van der Waals surface area contributed by atoms with Crippen LogP contribution in [0.2, 0.25) is 10.0 Å². The minimum atomic E-state index is 0.554. The number of aromatic nitrogens is 1. The lowest BCUT2D eigenvalue weighted by atomic mass is 10.1. The summed E-state index contributed by atoms with van der Waals surface area (Å²) in [6.45, 7) is 0.554. The topological polar surface area (TPSA) is 51.0 Å². The number of hydrogen-bond donors (Lipinski definition) is 2. The molecule has 0 radical (unpaired) electrons. The van der Waals surface area contributed by atoms with Crippen molar-refractivity contribution in [2.45, 2.75) is 6.42 Å². The maximum atomic E-state index is 6.16. The molecule has 0 fully saturated rings. The molecule has 3 aromatic rings. The fraction of sp³-hybridized carbons (Fsp3) is 0.125. The zero-order valence-electron chi connectivity index (χ0n) is 11.2. The number of H-pyrrole nitrogens is 1. The lowest BCUT2D eigenvalue weighted by molar-refractivity contribution is 0.482. The minimum Gasteiger partial charge on any atom is -0.456 e. The predicted molar refractivity (Wildman–Crippen MR) is 87.6 cm³/mol. The van der Waals surface area contributed by atoms with E-state index in [-0.39, 0.29) is 0 Å². The van der Waals surface area contributed by atoms with Gasteiger partial charge in [-0.05, 0) is 48.9 Å². The molecular weight excluding hydrogens is 307 g/mol. The van der Waals surface area contributed by atoms with E-state index < -0.39 is 0 Å². The first kappa shape index (κ1) is 14.3. The van der Waals surface area contributed by atoms with E-state index in [1.807, 2.05) is 36.5 Å². The molecule has 0 unspecified atom stereocenters. The van der Waals surface area contributed by atoms with Gasteiger partial charge in [0.15, 0.2) is 0 Å². The SMILES string of the molecule is NCCc1ccc(Cl)cc1Oc1ccc(Cl)c2[nH]ccc12. The predicted octanol–water partition coefficient (Wildman–Crippen LogP) is 4.77.